The summed E-state index contributed by atoms with van der Waals surface area (Å²) in [4.78, 5) is 32.7. The third-order valence-electron chi connectivity index (χ3n) is 7.81. The number of amides is 2. The van der Waals surface area contributed by atoms with Crippen molar-refractivity contribution >= 4 is 23.4 Å². The van der Waals surface area contributed by atoms with E-state index in [0.29, 0.717) is 56.4 Å². The van der Waals surface area contributed by atoms with Crippen molar-refractivity contribution in [2.45, 2.75) is 45.6 Å². The number of morpholine rings is 1. The van der Waals surface area contributed by atoms with Gasteiger partial charge in [0.1, 0.15) is 18.0 Å². The molecule has 2 aliphatic rings. The highest BCUT2D eigenvalue weighted by Crippen LogP contribution is 2.28. The zero-order chi connectivity index (χ0) is 27.4. The largest absolute Gasteiger partial charge is 0.490 e. The summed E-state index contributed by atoms with van der Waals surface area (Å²) in [6.07, 6.45) is 1.18. The average Bonchev–Trinajstić information content (AvgIpc) is 3.14. The number of halogens is 1. The average molecular weight is 546 g/mol. The van der Waals surface area contributed by atoms with Gasteiger partial charge in [-0.05, 0) is 63.6 Å². The Hall–Kier alpha value is -2.62. The summed E-state index contributed by atoms with van der Waals surface area (Å²) in [5.41, 5.74) is 3.14. The second-order valence-corrected chi connectivity index (χ2v) is 11.1. The van der Waals surface area contributed by atoms with Gasteiger partial charge >= 0.3 is 0 Å². The molecule has 0 unspecified atom stereocenters. The van der Waals surface area contributed by atoms with E-state index in [0.717, 1.165) is 35.6 Å². The molecule has 3 heterocycles. The number of benzene rings is 1. The molecule has 2 fully saturated rings. The maximum atomic E-state index is 13.4. The van der Waals surface area contributed by atoms with Gasteiger partial charge in [0.15, 0.2) is 0 Å². The summed E-state index contributed by atoms with van der Waals surface area (Å²) >= 11 is 6.19. The van der Waals surface area contributed by atoms with Crippen LogP contribution in [0.2, 0.25) is 5.02 Å². The lowest BCUT2D eigenvalue weighted by atomic mass is 9.96. The Morgan fingerprint density at radius 2 is 1.79 bits per heavy atom. The summed E-state index contributed by atoms with van der Waals surface area (Å²) in [6.45, 7) is 10.3. The Kier molecular flexibility index (Phi) is 9.00. The molecule has 38 heavy (non-hydrogen) atoms. The number of aromatic nitrogens is 2. The van der Waals surface area contributed by atoms with Crippen LogP contribution in [0, 0.1) is 20.8 Å². The van der Waals surface area contributed by atoms with E-state index >= 15 is 0 Å². The minimum atomic E-state index is -0.929. The number of aryl methyl sites for hydroxylation is 3. The number of hydrogen-bond donors (Lipinski definition) is 0. The molecule has 208 valence electrons. The van der Waals surface area contributed by atoms with Gasteiger partial charge in [-0.3, -0.25) is 14.3 Å². The molecule has 0 radical (unpaired) electrons. The highest BCUT2D eigenvalue weighted by Gasteiger charge is 2.42. The predicted octanol–water partition coefficient (Wildman–Crippen LogP) is 2.77. The first-order valence-corrected chi connectivity index (χ1v) is 13.7. The summed E-state index contributed by atoms with van der Waals surface area (Å²) < 4.78 is 14.3. The molecule has 4 rings (SSSR count). The molecule has 1 aromatic carbocycles. The number of hydrogen-bond acceptors (Lipinski definition) is 6. The lowest BCUT2D eigenvalue weighted by Gasteiger charge is -2.43. The van der Waals surface area contributed by atoms with Crippen LogP contribution >= 0.6 is 11.6 Å². The topological polar surface area (TPSA) is 80.1 Å². The fourth-order valence-corrected chi connectivity index (χ4v) is 5.35. The molecule has 1 aromatic heterocycles. The first-order chi connectivity index (χ1) is 18.1. The number of nitrogens with zero attached hydrogens (tertiary/aromatic N) is 5. The van der Waals surface area contributed by atoms with Crippen LogP contribution in [0.1, 0.15) is 35.4 Å². The molecule has 2 saturated heterocycles. The second-order valence-electron chi connectivity index (χ2n) is 10.7. The Bertz CT molecular complexity index is 1160. The number of rotatable bonds is 8. The number of carbonyl (C=O) groups excluding carboxylic acids is 2. The van der Waals surface area contributed by atoms with Crippen molar-refractivity contribution in [2.24, 2.45) is 7.05 Å². The van der Waals surface area contributed by atoms with Crippen molar-refractivity contribution in [2.75, 3.05) is 59.5 Å². The molecule has 0 spiro atoms. The van der Waals surface area contributed by atoms with Gasteiger partial charge in [0.2, 0.25) is 11.8 Å². The van der Waals surface area contributed by atoms with Crippen molar-refractivity contribution in [1.82, 2.24) is 24.5 Å². The molecule has 0 N–H and O–H groups in total. The molecular weight excluding hydrogens is 506 g/mol. The fourth-order valence-electron chi connectivity index (χ4n) is 5.24. The number of piperazine rings is 1. The zero-order valence-electron chi connectivity index (χ0n) is 23.3. The third-order valence-corrected chi connectivity index (χ3v) is 8.23. The van der Waals surface area contributed by atoms with Gasteiger partial charge in [-0.2, -0.15) is 5.10 Å². The van der Waals surface area contributed by atoms with Crippen LogP contribution in [-0.4, -0.2) is 101 Å². The zero-order valence-corrected chi connectivity index (χ0v) is 24.0. The number of likely N-dealkylation sites (N-methyl/N-ethyl adjacent to an activating group) is 1. The first kappa shape index (κ1) is 28.4. The van der Waals surface area contributed by atoms with Crippen LogP contribution in [0.15, 0.2) is 18.2 Å². The van der Waals surface area contributed by atoms with Crippen LogP contribution in [0.25, 0.3) is 0 Å². The van der Waals surface area contributed by atoms with Gasteiger partial charge in [0.05, 0.1) is 25.3 Å². The molecule has 9 nitrogen and oxygen atoms in total. The van der Waals surface area contributed by atoms with E-state index in [4.69, 9.17) is 21.1 Å². The quantitative estimate of drug-likeness (QED) is 0.507. The van der Waals surface area contributed by atoms with Gasteiger partial charge in [0.25, 0.3) is 0 Å². The standard InChI is InChI=1S/C28H40ClN5O4/c1-20-16-23(6-8-25(20)29)37-19-28(17-27(36)33-12-10-31(4)11-13-33)18-34(14-15-38-28)26(35)9-7-24-21(2)30-32(5)22(24)3/h6,8,16H,7,9-15,17-19H2,1-5H3/t28-/m0/s1. The highest BCUT2D eigenvalue weighted by atomic mass is 35.5. The molecule has 0 bridgehead atoms. The van der Waals surface area contributed by atoms with Crippen LogP contribution in [-0.2, 0) is 27.8 Å². The van der Waals surface area contributed by atoms with Crippen LogP contribution < -0.4 is 4.74 Å². The SMILES string of the molecule is Cc1cc(OC[C@]2(CC(=O)N3CCN(C)CC3)CN(C(=O)CCc3c(C)nn(C)c3C)CCO2)ccc1Cl. The van der Waals surface area contributed by atoms with E-state index in [1.165, 1.54) is 0 Å². The Morgan fingerprint density at radius 1 is 1.05 bits per heavy atom. The van der Waals surface area contributed by atoms with Crippen molar-refractivity contribution in [3.8, 4) is 5.75 Å². The summed E-state index contributed by atoms with van der Waals surface area (Å²) in [5, 5.41) is 5.14. The molecule has 2 amide bonds. The van der Waals surface area contributed by atoms with Crippen molar-refractivity contribution < 1.29 is 19.1 Å². The second kappa shape index (κ2) is 12.1. The lowest BCUT2D eigenvalue weighted by molar-refractivity contribution is -0.166. The van der Waals surface area contributed by atoms with Gasteiger partial charge in [-0.1, -0.05) is 11.6 Å². The van der Waals surface area contributed by atoms with E-state index in [1.807, 2.05) is 54.4 Å². The molecule has 10 heteroatoms. The summed E-state index contributed by atoms with van der Waals surface area (Å²) in [7, 11) is 3.98. The van der Waals surface area contributed by atoms with Gasteiger partial charge < -0.3 is 24.2 Å². The predicted molar refractivity (Wildman–Crippen MR) is 147 cm³/mol. The minimum Gasteiger partial charge on any atom is -0.490 e. The number of ether oxygens (including phenoxy) is 2. The van der Waals surface area contributed by atoms with Crippen LogP contribution in [0.4, 0.5) is 0 Å². The van der Waals surface area contributed by atoms with Crippen molar-refractivity contribution in [3.63, 3.8) is 0 Å². The summed E-state index contributed by atoms with van der Waals surface area (Å²) in [5.74, 6) is 0.743. The van der Waals surface area contributed by atoms with Gasteiger partial charge in [-0.15, -0.1) is 0 Å². The van der Waals surface area contributed by atoms with Crippen LogP contribution in [0.5, 0.6) is 5.75 Å². The molecule has 2 aliphatic heterocycles. The number of carbonyl (C=O) groups is 2. The first-order valence-electron chi connectivity index (χ1n) is 13.3. The molecule has 0 saturated carbocycles. The van der Waals surface area contributed by atoms with E-state index in [-0.39, 0.29) is 24.8 Å². The Labute approximate surface area is 230 Å². The lowest BCUT2D eigenvalue weighted by Crippen LogP contribution is -2.59. The van der Waals surface area contributed by atoms with E-state index in [2.05, 4.69) is 17.0 Å². The van der Waals surface area contributed by atoms with Gasteiger partial charge in [0, 0.05) is 56.9 Å². The van der Waals surface area contributed by atoms with Crippen LogP contribution in [0.3, 0.4) is 0 Å². The monoisotopic (exact) mass is 545 g/mol. The summed E-state index contributed by atoms with van der Waals surface area (Å²) in [6, 6.07) is 5.49. The fraction of sp³-hybridized carbons (Fsp3) is 0.607. The van der Waals surface area contributed by atoms with E-state index in [1.54, 1.807) is 6.07 Å². The van der Waals surface area contributed by atoms with E-state index < -0.39 is 5.60 Å². The molecule has 2 aromatic rings. The molecule has 1 atom stereocenters. The highest BCUT2D eigenvalue weighted by molar-refractivity contribution is 6.31. The van der Waals surface area contributed by atoms with Gasteiger partial charge in [-0.25, -0.2) is 0 Å². The third kappa shape index (κ3) is 6.68. The Morgan fingerprint density at radius 3 is 2.45 bits per heavy atom. The normalized spacial score (nSPS) is 20.6. The maximum absolute atomic E-state index is 13.4. The Balaban J connectivity index is 1.47. The smallest absolute Gasteiger partial charge is 0.225 e. The molecule has 0 aliphatic carbocycles. The maximum Gasteiger partial charge on any atom is 0.225 e. The minimum absolute atomic E-state index is 0.0323. The van der Waals surface area contributed by atoms with Crippen molar-refractivity contribution in [3.05, 3.63) is 45.7 Å². The van der Waals surface area contributed by atoms with E-state index in [9.17, 15) is 9.59 Å². The van der Waals surface area contributed by atoms with Crippen molar-refractivity contribution in [1.29, 1.82) is 0 Å². The molecular formula is C28H40ClN5O4.